The second kappa shape index (κ2) is 12.4. The van der Waals surface area contributed by atoms with Gasteiger partial charge in [-0.05, 0) is 44.4 Å². The Labute approximate surface area is 224 Å². The summed E-state index contributed by atoms with van der Waals surface area (Å²) in [5.41, 5.74) is 2.71. The Bertz CT molecular complexity index is 1260. The van der Waals surface area contributed by atoms with Gasteiger partial charge in [0.1, 0.15) is 0 Å². The summed E-state index contributed by atoms with van der Waals surface area (Å²) >= 11 is 2.71. The standard InChI is InChI=1S/C27H32N2O6S2/c1-4-28-27(32)29(18-11-7-6-8-12-18)19-13-9-10-17(14-19)20-16-36-24-22(35-15-21(30)34-5-2)25(26(31)33-3)37-23(20)24/h9-10,13-14,16,18H,4-8,11-12,15H2,1-3H3,(H,28,32). The average molecular weight is 545 g/mol. The number of amides is 2. The third-order valence-electron chi connectivity index (χ3n) is 6.29. The number of nitrogens with zero attached hydrogens (tertiary/aromatic N) is 1. The van der Waals surface area contributed by atoms with Crippen molar-refractivity contribution in [2.24, 2.45) is 0 Å². The lowest BCUT2D eigenvalue weighted by Gasteiger charge is -2.34. The molecule has 1 aliphatic rings. The van der Waals surface area contributed by atoms with E-state index in [0.29, 0.717) is 17.2 Å². The molecule has 0 atom stereocenters. The lowest BCUT2D eigenvalue weighted by molar-refractivity contribution is -0.145. The predicted octanol–water partition coefficient (Wildman–Crippen LogP) is 6.23. The van der Waals surface area contributed by atoms with E-state index in [1.165, 1.54) is 36.2 Å². The first kappa shape index (κ1) is 26.9. The van der Waals surface area contributed by atoms with Crippen LogP contribution in [0.1, 0.15) is 55.6 Å². The van der Waals surface area contributed by atoms with Crippen molar-refractivity contribution in [1.29, 1.82) is 0 Å². The third-order valence-corrected chi connectivity index (χ3v) is 8.59. The molecule has 8 nitrogen and oxygen atoms in total. The van der Waals surface area contributed by atoms with E-state index in [9.17, 15) is 14.4 Å². The number of carbonyl (C=O) groups excluding carboxylic acids is 3. The minimum Gasteiger partial charge on any atom is -0.479 e. The van der Waals surface area contributed by atoms with E-state index in [0.717, 1.165) is 51.9 Å². The van der Waals surface area contributed by atoms with E-state index < -0.39 is 11.9 Å². The molecule has 2 amide bonds. The zero-order valence-corrected chi connectivity index (χ0v) is 23.0. The number of ether oxygens (including phenoxy) is 3. The van der Waals surface area contributed by atoms with Gasteiger partial charge in [-0.3, -0.25) is 4.90 Å². The van der Waals surface area contributed by atoms with Gasteiger partial charge in [-0.25, -0.2) is 14.4 Å². The van der Waals surface area contributed by atoms with E-state index in [-0.39, 0.29) is 25.3 Å². The first-order chi connectivity index (χ1) is 18.0. The van der Waals surface area contributed by atoms with Crippen molar-refractivity contribution in [3.8, 4) is 16.9 Å². The van der Waals surface area contributed by atoms with E-state index >= 15 is 0 Å². The molecule has 0 spiro atoms. The molecule has 0 unspecified atom stereocenters. The first-order valence-corrected chi connectivity index (χ1v) is 14.3. The average Bonchev–Trinajstić information content (AvgIpc) is 3.48. The van der Waals surface area contributed by atoms with Gasteiger partial charge in [-0.1, -0.05) is 31.4 Å². The SMILES string of the molecule is CCNC(=O)N(c1cccc(-c2csc3c(OCC(=O)OCC)c(C(=O)OC)sc23)c1)C1CCCCC1. The number of urea groups is 1. The van der Waals surface area contributed by atoms with Crippen molar-refractivity contribution in [2.75, 3.05) is 31.8 Å². The maximum absolute atomic E-state index is 13.1. The Morgan fingerprint density at radius 2 is 1.89 bits per heavy atom. The number of benzene rings is 1. The monoisotopic (exact) mass is 544 g/mol. The number of rotatable bonds is 9. The summed E-state index contributed by atoms with van der Waals surface area (Å²) in [7, 11) is 1.32. The zero-order chi connectivity index (χ0) is 26.4. The zero-order valence-electron chi connectivity index (χ0n) is 21.3. The topological polar surface area (TPSA) is 94.2 Å². The number of fused-ring (bicyclic) bond motifs is 1. The summed E-state index contributed by atoms with van der Waals surface area (Å²) in [4.78, 5) is 39.7. The molecule has 37 heavy (non-hydrogen) atoms. The van der Waals surface area contributed by atoms with E-state index in [2.05, 4.69) is 5.32 Å². The quantitative estimate of drug-likeness (QED) is 0.321. The molecule has 1 aliphatic carbocycles. The highest BCUT2D eigenvalue weighted by molar-refractivity contribution is 7.29. The number of nitrogens with one attached hydrogen (secondary N) is 1. The van der Waals surface area contributed by atoms with Crippen LogP contribution in [0.4, 0.5) is 10.5 Å². The van der Waals surface area contributed by atoms with Gasteiger partial charge in [-0.2, -0.15) is 0 Å². The number of hydrogen-bond acceptors (Lipinski definition) is 8. The fourth-order valence-corrected chi connectivity index (χ4v) is 7.12. The van der Waals surface area contributed by atoms with Crippen LogP contribution in [0.3, 0.4) is 0 Å². The van der Waals surface area contributed by atoms with Gasteiger partial charge in [0.05, 0.1) is 23.1 Å². The molecular formula is C27H32N2O6S2. The van der Waals surface area contributed by atoms with Gasteiger partial charge in [-0.15, -0.1) is 22.7 Å². The summed E-state index contributed by atoms with van der Waals surface area (Å²) in [5.74, 6) is -0.694. The summed E-state index contributed by atoms with van der Waals surface area (Å²) in [6.45, 7) is 4.16. The molecule has 0 aliphatic heterocycles. The van der Waals surface area contributed by atoms with Crippen molar-refractivity contribution in [2.45, 2.75) is 52.0 Å². The van der Waals surface area contributed by atoms with Crippen LogP contribution in [-0.2, 0) is 14.3 Å². The number of esters is 2. The normalized spacial score (nSPS) is 13.8. The van der Waals surface area contributed by atoms with E-state index in [4.69, 9.17) is 14.2 Å². The maximum Gasteiger partial charge on any atom is 0.351 e. The van der Waals surface area contributed by atoms with Crippen LogP contribution in [0.2, 0.25) is 0 Å². The number of methoxy groups -OCH3 is 1. The highest BCUT2D eigenvalue weighted by atomic mass is 32.1. The molecule has 1 saturated carbocycles. The predicted molar refractivity (Wildman–Crippen MR) is 147 cm³/mol. The summed E-state index contributed by atoms with van der Waals surface area (Å²) in [5, 5.41) is 4.98. The fourth-order valence-electron chi connectivity index (χ4n) is 4.64. The van der Waals surface area contributed by atoms with Crippen LogP contribution in [0.25, 0.3) is 20.5 Å². The van der Waals surface area contributed by atoms with Crippen molar-refractivity contribution in [1.82, 2.24) is 5.32 Å². The van der Waals surface area contributed by atoms with Gasteiger partial charge >= 0.3 is 18.0 Å². The molecule has 0 bridgehead atoms. The Kier molecular flexibility index (Phi) is 9.04. The number of anilines is 1. The molecule has 198 valence electrons. The van der Waals surface area contributed by atoms with Crippen LogP contribution in [-0.4, -0.2) is 50.9 Å². The molecule has 1 fully saturated rings. The fraction of sp³-hybridized carbons (Fsp3) is 0.444. The van der Waals surface area contributed by atoms with Crippen LogP contribution in [0, 0.1) is 0 Å². The second-order valence-corrected chi connectivity index (χ2v) is 10.6. The molecule has 4 rings (SSSR count). The molecule has 0 radical (unpaired) electrons. The largest absolute Gasteiger partial charge is 0.479 e. The molecule has 1 aromatic carbocycles. The second-order valence-electron chi connectivity index (χ2n) is 8.70. The van der Waals surface area contributed by atoms with Gasteiger partial charge in [0.25, 0.3) is 0 Å². The molecule has 1 N–H and O–H groups in total. The number of carbonyl (C=O) groups is 3. The minimum atomic E-state index is -0.522. The smallest absolute Gasteiger partial charge is 0.351 e. The molecule has 10 heteroatoms. The van der Waals surface area contributed by atoms with Gasteiger partial charge in [0, 0.05) is 29.2 Å². The Morgan fingerprint density at radius 1 is 1.11 bits per heavy atom. The Balaban J connectivity index is 1.72. The molecule has 2 heterocycles. The third kappa shape index (κ3) is 5.91. The molecular weight excluding hydrogens is 512 g/mol. The van der Waals surface area contributed by atoms with Crippen LogP contribution >= 0.6 is 22.7 Å². The van der Waals surface area contributed by atoms with Crippen LogP contribution in [0.15, 0.2) is 29.6 Å². The Morgan fingerprint density at radius 3 is 2.59 bits per heavy atom. The number of thiophene rings is 2. The van der Waals surface area contributed by atoms with Crippen LogP contribution in [0.5, 0.6) is 5.75 Å². The lowest BCUT2D eigenvalue weighted by atomic mass is 9.93. The van der Waals surface area contributed by atoms with E-state index in [1.807, 2.05) is 41.5 Å². The van der Waals surface area contributed by atoms with Crippen molar-refractivity contribution in [3.63, 3.8) is 0 Å². The Hall–Kier alpha value is -3.11. The van der Waals surface area contributed by atoms with Crippen molar-refractivity contribution >= 4 is 55.7 Å². The minimum absolute atomic E-state index is 0.0826. The maximum atomic E-state index is 13.1. The van der Waals surface area contributed by atoms with Gasteiger partial charge in [0.15, 0.2) is 17.2 Å². The number of hydrogen-bond donors (Lipinski definition) is 1. The van der Waals surface area contributed by atoms with Crippen molar-refractivity contribution in [3.05, 3.63) is 34.5 Å². The summed E-state index contributed by atoms with van der Waals surface area (Å²) < 4.78 is 17.3. The summed E-state index contributed by atoms with van der Waals surface area (Å²) in [6.07, 6.45) is 5.41. The van der Waals surface area contributed by atoms with Gasteiger partial charge in [0.2, 0.25) is 0 Å². The van der Waals surface area contributed by atoms with Crippen molar-refractivity contribution < 1.29 is 28.6 Å². The first-order valence-electron chi connectivity index (χ1n) is 12.6. The molecule has 3 aromatic rings. The van der Waals surface area contributed by atoms with Gasteiger partial charge < -0.3 is 19.5 Å². The summed E-state index contributed by atoms with van der Waals surface area (Å²) in [6, 6.07) is 8.03. The lowest BCUT2D eigenvalue weighted by Crippen LogP contribution is -2.47. The highest BCUT2D eigenvalue weighted by Crippen LogP contribution is 2.47. The van der Waals surface area contributed by atoms with Crippen LogP contribution < -0.4 is 15.0 Å². The molecule has 2 aromatic heterocycles. The van der Waals surface area contributed by atoms with E-state index in [1.54, 1.807) is 6.92 Å². The molecule has 0 saturated heterocycles. The highest BCUT2D eigenvalue weighted by Gasteiger charge is 2.28.